The van der Waals surface area contributed by atoms with Crippen molar-refractivity contribution in [3.05, 3.63) is 63.7 Å². The van der Waals surface area contributed by atoms with Crippen LogP contribution in [0.5, 0.6) is 0 Å². The van der Waals surface area contributed by atoms with Gasteiger partial charge in [-0.1, -0.05) is 12.1 Å². The molecule has 2 N–H and O–H groups in total. The minimum absolute atomic E-state index is 0.0311. The van der Waals surface area contributed by atoms with Crippen LogP contribution in [-0.4, -0.2) is 30.5 Å². The molecule has 0 aliphatic heterocycles. The van der Waals surface area contributed by atoms with Gasteiger partial charge in [0.05, 0.1) is 23.3 Å². The number of esters is 1. The minimum atomic E-state index is -1.12. The molecular formula is C17H15F2N3O5. The molecule has 0 radical (unpaired) electrons. The van der Waals surface area contributed by atoms with E-state index in [-0.39, 0.29) is 30.0 Å². The van der Waals surface area contributed by atoms with Gasteiger partial charge in [0.2, 0.25) is 5.91 Å². The highest BCUT2D eigenvalue weighted by Gasteiger charge is 2.18. The molecule has 0 aromatic heterocycles. The molecule has 0 unspecified atom stereocenters. The van der Waals surface area contributed by atoms with Gasteiger partial charge in [-0.15, -0.1) is 0 Å². The number of nitrogens with zero attached hydrogens (tertiary/aromatic N) is 1. The first kappa shape index (κ1) is 19.8. The number of nitro benzene ring substituents is 1. The van der Waals surface area contributed by atoms with Crippen molar-refractivity contribution in [1.82, 2.24) is 0 Å². The summed E-state index contributed by atoms with van der Waals surface area (Å²) in [5.41, 5.74) is -0.818. The van der Waals surface area contributed by atoms with Crippen molar-refractivity contribution < 1.29 is 28.0 Å². The zero-order valence-electron chi connectivity index (χ0n) is 14.1. The van der Waals surface area contributed by atoms with E-state index in [1.807, 2.05) is 0 Å². The standard InChI is InChI=1S/C17H15F2N3O5/c1-27-17(24)10-8-14(12(19)9-11(10)18)21-16(23)6-7-20-13-4-2-3-5-15(13)22(25)26/h2-5,8-9,20H,6-7H2,1H3,(H,21,23). The quantitative estimate of drug-likeness (QED) is 0.434. The molecule has 2 rings (SSSR count). The van der Waals surface area contributed by atoms with Crippen LogP contribution in [0.1, 0.15) is 16.8 Å². The van der Waals surface area contributed by atoms with Crippen molar-refractivity contribution in [2.24, 2.45) is 0 Å². The SMILES string of the molecule is COC(=O)c1cc(NC(=O)CCNc2ccccc2[N+](=O)[O-])c(F)cc1F. The summed E-state index contributed by atoms with van der Waals surface area (Å²) in [6.07, 6.45) is -0.156. The third-order valence-electron chi connectivity index (χ3n) is 3.50. The molecular weight excluding hydrogens is 364 g/mol. The Kier molecular flexibility index (Phi) is 6.36. The number of benzene rings is 2. The summed E-state index contributed by atoms with van der Waals surface area (Å²) >= 11 is 0. The zero-order chi connectivity index (χ0) is 20.0. The first-order valence-corrected chi connectivity index (χ1v) is 7.68. The van der Waals surface area contributed by atoms with Crippen molar-refractivity contribution >= 4 is 28.9 Å². The van der Waals surface area contributed by atoms with Crippen LogP contribution in [0.25, 0.3) is 0 Å². The number of rotatable bonds is 7. The molecule has 0 aliphatic carbocycles. The lowest BCUT2D eigenvalue weighted by molar-refractivity contribution is -0.384. The third kappa shape index (κ3) is 4.97. The number of nitrogens with one attached hydrogen (secondary N) is 2. The Balaban J connectivity index is 2.00. The van der Waals surface area contributed by atoms with E-state index in [0.29, 0.717) is 6.07 Å². The van der Waals surface area contributed by atoms with E-state index in [0.717, 1.165) is 13.2 Å². The average Bonchev–Trinajstić information content (AvgIpc) is 2.63. The molecule has 27 heavy (non-hydrogen) atoms. The summed E-state index contributed by atoms with van der Waals surface area (Å²) in [4.78, 5) is 33.7. The molecule has 0 fully saturated rings. The number of para-hydroxylation sites is 2. The van der Waals surface area contributed by atoms with E-state index < -0.39 is 34.0 Å². The fourth-order valence-corrected chi connectivity index (χ4v) is 2.22. The Morgan fingerprint density at radius 1 is 1.15 bits per heavy atom. The Morgan fingerprint density at radius 3 is 2.52 bits per heavy atom. The minimum Gasteiger partial charge on any atom is -0.465 e. The maximum Gasteiger partial charge on any atom is 0.340 e. The molecule has 0 bridgehead atoms. The predicted molar refractivity (Wildman–Crippen MR) is 92.5 cm³/mol. The summed E-state index contributed by atoms with van der Waals surface area (Å²) in [7, 11) is 1.04. The highest BCUT2D eigenvalue weighted by molar-refractivity contribution is 5.95. The monoisotopic (exact) mass is 379 g/mol. The first-order valence-electron chi connectivity index (χ1n) is 7.68. The van der Waals surface area contributed by atoms with Crippen molar-refractivity contribution in [1.29, 1.82) is 0 Å². The van der Waals surface area contributed by atoms with Gasteiger partial charge in [-0.05, 0) is 12.1 Å². The van der Waals surface area contributed by atoms with E-state index in [2.05, 4.69) is 15.4 Å². The third-order valence-corrected chi connectivity index (χ3v) is 3.50. The van der Waals surface area contributed by atoms with Crippen molar-refractivity contribution in [2.45, 2.75) is 6.42 Å². The topological polar surface area (TPSA) is 111 Å². The number of halogens is 2. The van der Waals surface area contributed by atoms with Gasteiger partial charge in [-0.3, -0.25) is 14.9 Å². The number of hydrogen-bond acceptors (Lipinski definition) is 6. The molecule has 0 aliphatic rings. The molecule has 142 valence electrons. The smallest absolute Gasteiger partial charge is 0.340 e. The number of nitro groups is 1. The zero-order valence-corrected chi connectivity index (χ0v) is 14.1. The van der Waals surface area contributed by atoms with Crippen LogP contribution in [0, 0.1) is 21.7 Å². The van der Waals surface area contributed by atoms with Crippen LogP contribution >= 0.6 is 0 Å². The van der Waals surface area contributed by atoms with E-state index in [9.17, 15) is 28.5 Å². The number of hydrogen-bond donors (Lipinski definition) is 2. The summed E-state index contributed by atoms with van der Waals surface area (Å²) < 4.78 is 31.8. The maximum absolute atomic E-state index is 13.8. The summed E-state index contributed by atoms with van der Waals surface area (Å²) in [6, 6.07) is 7.20. The van der Waals surface area contributed by atoms with Crippen molar-refractivity contribution in [3.63, 3.8) is 0 Å². The number of carbonyl (C=O) groups is 2. The highest BCUT2D eigenvalue weighted by atomic mass is 19.1. The lowest BCUT2D eigenvalue weighted by Gasteiger charge is -2.10. The van der Waals surface area contributed by atoms with Gasteiger partial charge < -0.3 is 15.4 Å². The van der Waals surface area contributed by atoms with Gasteiger partial charge in [-0.25, -0.2) is 13.6 Å². The Labute approximate surface area is 152 Å². The van der Waals surface area contributed by atoms with Gasteiger partial charge in [0, 0.05) is 25.1 Å². The van der Waals surface area contributed by atoms with E-state index in [1.54, 1.807) is 6.07 Å². The molecule has 0 spiro atoms. The van der Waals surface area contributed by atoms with Crippen LogP contribution in [0.2, 0.25) is 0 Å². The second kappa shape index (κ2) is 8.70. The van der Waals surface area contributed by atoms with Gasteiger partial charge >= 0.3 is 5.97 Å². The summed E-state index contributed by atoms with van der Waals surface area (Å²) in [5, 5.41) is 15.9. The van der Waals surface area contributed by atoms with Crippen LogP contribution in [-0.2, 0) is 9.53 Å². The van der Waals surface area contributed by atoms with Crippen LogP contribution < -0.4 is 10.6 Å². The molecule has 2 aromatic rings. The number of amides is 1. The lowest BCUT2D eigenvalue weighted by Crippen LogP contribution is -2.18. The van der Waals surface area contributed by atoms with Crippen LogP contribution in [0.4, 0.5) is 25.8 Å². The average molecular weight is 379 g/mol. The Bertz CT molecular complexity index is 889. The van der Waals surface area contributed by atoms with E-state index in [4.69, 9.17) is 0 Å². The Morgan fingerprint density at radius 2 is 1.85 bits per heavy atom. The molecule has 2 aromatic carbocycles. The molecule has 0 saturated heterocycles. The fraction of sp³-hybridized carbons (Fsp3) is 0.176. The molecule has 0 saturated carbocycles. The molecule has 1 amide bonds. The van der Waals surface area contributed by atoms with E-state index in [1.165, 1.54) is 18.2 Å². The van der Waals surface area contributed by atoms with E-state index >= 15 is 0 Å². The van der Waals surface area contributed by atoms with Crippen molar-refractivity contribution in [3.8, 4) is 0 Å². The maximum atomic E-state index is 13.8. The van der Waals surface area contributed by atoms with Crippen LogP contribution in [0.3, 0.4) is 0 Å². The number of ether oxygens (including phenoxy) is 1. The van der Waals surface area contributed by atoms with Gasteiger partial charge in [-0.2, -0.15) is 0 Å². The second-order valence-corrected chi connectivity index (χ2v) is 5.30. The van der Waals surface area contributed by atoms with Crippen LogP contribution in [0.15, 0.2) is 36.4 Å². The molecule has 10 heteroatoms. The predicted octanol–water partition coefficient (Wildman–Crippen LogP) is 3.10. The van der Waals surface area contributed by atoms with Gasteiger partial charge in [0.1, 0.15) is 17.3 Å². The number of methoxy groups -OCH3 is 1. The van der Waals surface area contributed by atoms with Gasteiger partial charge in [0.15, 0.2) is 0 Å². The number of carbonyl (C=O) groups excluding carboxylic acids is 2. The second-order valence-electron chi connectivity index (χ2n) is 5.30. The van der Waals surface area contributed by atoms with Crippen molar-refractivity contribution in [2.75, 3.05) is 24.3 Å². The normalized spacial score (nSPS) is 10.2. The summed E-state index contributed by atoms with van der Waals surface area (Å²) in [5.74, 6) is -3.82. The fourth-order valence-electron chi connectivity index (χ4n) is 2.22. The molecule has 0 atom stereocenters. The number of anilines is 2. The first-order chi connectivity index (χ1) is 12.8. The Hall–Kier alpha value is -3.56. The summed E-state index contributed by atoms with van der Waals surface area (Å²) in [6.45, 7) is 0.0311. The molecule has 0 heterocycles. The van der Waals surface area contributed by atoms with Gasteiger partial charge in [0.25, 0.3) is 5.69 Å². The largest absolute Gasteiger partial charge is 0.465 e. The lowest BCUT2D eigenvalue weighted by atomic mass is 10.1. The molecule has 8 nitrogen and oxygen atoms in total. The highest BCUT2D eigenvalue weighted by Crippen LogP contribution is 2.23.